The number of rotatable bonds is 7. The van der Waals surface area contributed by atoms with Crippen molar-refractivity contribution in [3.05, 3.63) is 64.5 Å². The monoisotopic (exact) mass is 595 g/mol. The molecule has 12 heteroatoms. The Morgan fingerprint density at radius 1 is 1.05 bits per heavy atom. The molecule has 1 aromatic heterocycles. The van der Waals surface area contributed by atoms with E-state index >= 15 is 0 Å². The summed E-state index contributed by atoms with van der Waals surface area (Å²) in [4.78, 5) is 13.6. The predicted molar refractivity (Wildman–Crippen MR) is 166 cm³/mol. The molecule has 0 spiro atoms. The first-order valence-corrected chi connectivity index (χ1v) is 15.6. The number of aryl methyl sites for hydroxylation is 1. The Kier molecular flexibility index (Phi) is 8.16. The standard InChI is InChI=1S/C30H41N7O4S/c1-18-11-12-20(13-26(18)36-17-25(33-35-36)22-16-31-37(19(22)2)30(6,7)8)28(38)32-23-14-21(29(3,4)5)15-24(27(23)41-9)34-42(10,39)40/h11-16,25,34H,17H2,1-10H3,(H,32,38). The Balaban J connectivity index is 1.62. The van der Waals surface area contributed by atoms with E-state index in [-0.39, 0.29) is 34.3 Å². The number of amides is 1. The lowest BCUT2D eigenvalue weighted by Crippen LogP contribution is -2.24. The van der Waals surface area contributed by atoms with Crippen LogP contribution in [0.15, 0.2) is 46.9 Å². The van der Waals surface area contributed by atoms with E-state index in [1.165, 1.54) is 7.11 Å². The molecular formula is C30H41N7O4S. The van der Waals surface area contributed by atoms with Crippen molar-refractivity contribution >= 4 is 33.0 Å². The van der Waals surface area contributed by atoms with Gasteiger partial charge in [-0.3, -0.25) is 14.2 Å². The number of nitrogens with one attached hydrogen (secondary N) is 2. The van der Waals surface area contributed by atoms with Crippen molar-refractivity contribution in [2.45, 2.75) is 72.4 Å². The van der Waals surface area contributed by atoms with Crippen LogP contribution >= 0.6 is 0 Å². The molecule has 0 radical (unpaired) electrons. The van der Waals surface area contributed by atoms with Crippen LogP contribution < -0.4 is 19.8 Å². The minimum atomic E-state index is -3.60. The fourth-order valence-electron chi connectivity index (χ4n) is 4.97. The van der Waals surface area contributed by atoms with Crippen LogP contribution in [0, 0.1) is 13.8 Å². The van der Waals surface area contributed by atoms with Gasteiger partial charge in [-0.25, -0.2) is 13.4 Å². The zero-order valence-electron chi connectivity index (χ0n) is 26.0. The first kappa shape index (κ1) is 31.0. The van der Waals surface area contributed by atoms with Crippen molar-refractivity contribution in [1.82, 2.24) is 9.78 Å². The van der Waals surface area contributed by atoms with Gasteiger partial charge < -0.3 is 10.1 Å². The van der Waals surface area contributed by atoms with Gasteiger partial charge in [-0.1, -0.05) is 32.1 Å². The summed E-state index contributed by atoms with van der Waals surface area (Å²) >= 11 is 0. The number of sulfonamides is 1. The van der Waals surface area contributed by atoms with Crippen molar-refractivity contribution in [2.24, 2.45) is 10.3 Å². The van der Waals surface area contributed by atoms with Gasteiger partial charge in [0.25, 0.3) is 5.91 Å². The molecule has 1 aliphatic rings. The summed E-state index contributed by atoms with van der Waals surface area (Å²) < 4.78 is 34.2. The number of hydrogen-bond donors (Lipinski definition) is 2. The number of aromatic nitrogens is 2. The van der Waals surface area contributed by atoms with E-state index in [0.717, 1.165) is 34.3 Å². The van der Waals surface area contributed by atoms with Gasteiger partial charge in [-0.05, 0) is 75.4 Å². The maximum atomic E-state index is 13.6. The Labute approximate surface area is 248 Å². The van der Waals surface area contributed by atoms with Crippen LogP contribution in [-0.4, -0.2) is 44.0 Å². The van der Waals surface area contributed by atoms with Crippen LogP contribution in [0.4, 0.5) is 17.1 Å². The minimum absolute atomic E-state index is 0.146. The second kappa shape index (κ2) is 11.0. The van der Waals surface area contributed by atoms with E-state index in [0.29, 0.717) is 17.8 Å². The number of ether oxygens (including phenoxy) is 1. The molecule has 2 aromatic carbocycles. The Bertz CT molecular complexity index is 1650. The fraction of sp³-hybridized carbons (Fsp3) is 0.467. The molecule has 3 aromatic rings. The molecular weight excluding hydrogens is 554 g/mol. The number of nitrogens with zero attached hydrogens (tertiary/aromatic N) is 5. The van der Waals surface area contributed by atoms with Gasteiger partial charge in [0.05, 0.1) is 48.7 Å². The molecule has 226 valence electrons. The van der Waals surface area contributed by atoms with Gasteiger partial charge >= 0.3 is 0 Å². The van der Waals surface area contributed by atoms with Crippen molar-refractivity contribution in [1.29, 1.82) is 0 Å². The highest BCUT2D eigenvalue weighted by Crippen LogP contribution is 2.40. The smallest absolute Gasteiger partial charge is 0.255 e. The lowest BCUT2D eigenvalue weighted by Gasteiger charge is -2.24. The Morgan fingerprint density at radius 3 is 2.29 bits per heavy atom. The first-order chi connectivity index (χ1) is 19.4. The van der Waals surface area contributed by atoms with Crippen LogP contribution in [0.25, 0.3) is 0 Å². The molecule has 1 atom stereocenters. The molecule has 1 amide bonds. The molecule has 0 saturated carbocycles. The molecule has 2 heterocycles. The summed E-state index contributed by atoms with van der Waals surface area (Å²) in [5, 5.41) is 18.3. The molecule has 1 aliphatic heterocycles. The predicted octanol–water partition coefficient (Wildman–Crippen LogP) is 6.11. The van der Waals surface area contributed by atoms with Crippen LogP contribution in [-0.2, 0) is 21.0 Å². The number of carbonyl (C=O) groups excluding carboxylic acids is 1. The normalized spacial score (nSPS) is 15.7. The van der Waals surface area contributed by atoms with Crippen LogP contribution in [0.2, 0.25) is 0 Å². The summed E-state index contributed by atoms with van der Waals surface area (Å²) in [5.41, 5.74) is 5.15. The van der Waals surface area contributed by atoms with Gasteiger partial charge in [0.1, 0.15) is 6.04 Å². The summed E-state index contributed by atoms with van der Waals surface area (Å²) in [6.07, 6.45) is 2.93. The lowest BCUT2D eigenvalue weighted by atomic mass is 9.86. The molecule has 2 N–H and O–H groups in total. The topological polar surface area (TPSA) is 130 Å². The average Bonchev–Trinajstić information content (AvgIpc) is 3.49. The quantitative estimate of drug-likeness (QED) is 0.339. The number of benzene rings is 2. The van der Waals surface area contributed by atoms with Crippen molar-refractivity contribution in [2.75, 3.05) is 35.0 Å². The summed E-state index contributed by atoms with van der Waals surface area (Å²) in [7, 11) is -2.16. The van der Waals surface area contributed by atoms with E-state index in [1.54, 1.807) is 29.3 Å². The third-order valence-electron chi connectivity index (χ3n) is 7.14. The SMILES string of the molecule is COc1c(NC(=O)c2ccc(C)c(N3CC(c4cnn(C(C)(C)C)c4C)N=N3)c2)cc(C(C)(C)C)cc1NS(C)(=O)=O. The second-order valence-electron chi connectivity index (χ2n) is 12.8. The van der Waals surface area contributed by atoms with E-state index in [4.69, 9.17) is 4.74 Å². The highest BCUT2D eigenvalue weighted by atomic mass is 32.2. The summed E-state index contributed by atoms with van der Waals surface area (Å²) in [5.74, 6) is -0.155. The zero-order chi connectivity index (χ0) is 31.2. The number of hydrogen-bond acceptors (Lipinski definition) is 8. The summed E-state index contributed by atoms with van der Waals surface area (Å²) in [6, 6.07) is 8.75. The minimum Gasteiger partial charge on any atom is -0.492 e. The van der Waals surface area contributed by atoms with Crippen molar-refractivity contribution in [3.8, 4) is 5.75 Å². The van der Waals surface area contributed by atoms with Gasteiger partial charge in [-0.15, -0.1) is 0 Å². The highest BCUT2D eigenvalue weighted by molar-refractivity contribution is 7.92. The molecule has 0 bridgehead atoms. The van der Waals surface area contributed by atoms with E-state index < -0.39 is 10.0 Å². The molecule has 1 unspecified atom stereocenters. The second-order valence-corrected chi connectivity index (χ2v) is 14.5. The van der Waals surface area contributed by atoms with Crippen LogP contribution in [0.5, 0.6) is 5.75 Å². The molecule has 4 rings (SSSR count). The lowest BCUT2D eigenvalue weighted by molar-refractivity contribution is 0.102. The summed E-state index contributed by atoms with van der Waals surface area (Å²) in [6.45, 7) is 16.9. The first-order valence-electron chi connectivity index (χ1n) is 13.7. The number of carbonyl (C=O) groups is 1. The van der Waals surface area contributed by atoms with Crippen LogP contribution in [0.1, 0.15) is 80.3 Å². The Morgan fingerprint density at radius 2 is 1.71 bits per heavy atom. The molecule has 0 saturated heterocycles. The third kappa shape index (κ3) is 6.59. The van der Waals surface area contributed by atoms with Crippen molar-refractivity contribution < 1.29 is 17.9 Å². The molecule has 0 fully saturated rings. The molecule has 11 nitrogen and oxygen atoms in total. The zero-order valence-corrected chi connectivity index (χ0v) is 26.8. The maximum Gasteiger partial charge on any atom is 0.255 e. The van der Waals surface area contributed by atoms with Gasteiger partial charge in [0, 0.05) is 16.8 Å². The third-order valence-corrected chi connectivity index (χ3v) is 7.73. The van der Waals surface area contributed by atoms with Gasteiger partial charge in [0.15, 0.2) is 5.75 Å². The molecule has 0 aliphatic carbocycles. The average molecular weight is 596 g/mol. The number of anilines is 3. The Hall–Kier alpha value is -3.93. The van der Waals surface area contributed by atoms with Gasteiger partial charge in [-0.2, -0.15) is 10.2 Å². The van der Waals surface area contributed by atoms with E-state index in [1.807, 2.05) is 51.6 Å². The highest BCUT2D eigenvalue weighted by Gasteiger charge is 2.29. The fourth-order valence-corrected chi connectivity index (χ4v) is 5.52. The maximum absolute atomic E-state index is 13.6. The van der Waals surface area contributed by atoms with Crippen LogP contribution in [0.3, 0.4) is 0 Å². The van der Waals surface area contributed by atoms with E-state index in [2.05, 4.69) is 46.2 Å². The van der Waals surface area contributed by atoms with E-state index in [9.17, 15) is 13.2 Å². The molecule has 42 heavy (non-hydrogen) atoms. The largest absolute Gasteiger partial charge is 0.492 e. The number of methoxy groups -OCH3 is 1. The van der Waals surface area contributed by atoms with Gasteiger partial charge in [0.2, 0.25) is 10.0 Å². The van der Waals surface area contributed by atoms with Crippen molar-refractivity contribution in [3.63, 3.8) is 0 Å².